The first-order valence-electron chi connectivity index (χ1n) is 13.7. The van der Waals surface area contributed by atoms with Crippen molar-refractivity contribution < 1.29 is 48.0 Å². The predicted octanol–water partition coefficient (Wildman–Crippen LogP) is 4.24. The number of aliphatic hydroxyl groups is 1. The molecule has 10 heteroatoms. The van der Waals surface area contributed by atoms with Crippen molar-refractivity contribution in [3.63, 3.8) is 0 Å². The Bertz CT molecular complexity index is 1560. The highest BCUT2D eigenvalue weighted by atomic mass is 16.7. The number of ether oxygens (including phenoxy) is 5. The van der Waals surface area contributed by atoms with Crippen LogP contribution in [0.1, 0.15) is 41.4 Å². The Balaban J connectivity index is 1.45. The van der Waals surface area contributed by atoms with Crippen molar-refractivity contribution in [1.29, 1.82) is 0 Å². The zero-order chi connectivity index (χ0) is 30.9. The lowest BCUT2D eigenvalue weighted by Crippen LogP contribution is -2.47. The smallest absolute Gasteiger partial charge is 0.338 e. The van der Waals surface area contributed by atoms with Gasteiger partial charge in [-0.15, -0.1) is 0 Å². The lowest BCUT2D eigenvalue weighted by molar-refractivity contribution is -0.153. The number of carbonyl (C=O) groups excluding carboxylic acids is 4. The van der Waals surface area contributed by atoms with Gasteiger partial charge in [0.1, 0.15) is 12.7 Å². The van der Waals surface area contributed by atoms with Crippen molar-refractivity contribution in [2.45, 2.75) is 30.7 Å². The SMILES string of the molecule is O=C(OC[C@H](OC(=O)c1ccccc1)[C@@H]1O[C@@H](O)[C@@H](OC(=O)c2ccccc2)[C@H]1OC(=O)c1ccccc1)c1ccccc1. The van der Waals surface area contributed by atoms with Crippen LogP contribution < -0.4 is 0 Å². The molecule has 5 rings (SSSR count). The molecule has 44 heavy (non-hydrogen) atoms. The zero-order valence-corrected chi connectivity index (χ0v) is 23.3. The van der Waals surface area contributed by atoms with Crippen LogP contribution in [0.3, 0.4) is 0 Å². The number of hydrogen-bond donors (Lipinski definition) is 1. The number of aliphatic hydroxyl groups excluding tert-OH is 1. The van der Waals surface area contributed by atoms with Crippen LogP contribution in [0.15, 0.2) is 121 Å². The van der Waals surface area contributed by atoms with Crippen molar-refractivity contribution in [2.24, 2.45) is 0 Å². The molecule has 1 fully saturated rings. The number of carbonyl (C=O) groups is 4. The molecule has 10 nitrogen and oxygen atoms in total. The highest BCUT2D eigenvalue weighted by Gasteiger charge is 2.53. The summed E-state index contributed by atoms with van der Waals surface area (Å²) in [6, 6.07) is 32.2. The average molecular weight is 597 g/mol. The summed E-state index contributed by atoms with van der Waals surface area (Å²) in [6.45, 7) is -0.539. The molecule has 1 heterocycles. The molecular formula is C34H28O10. The van der Waals surface area contributed by atoms with Crippen LogP contribution in [0.4, 0.5) is 0 Å². The quantitative estimate of drug-likeness (QED) is 0.209. The summed E-state index contributed by atoms with van der Waals surface area (Å²) in [5.41, 5.74) is 0.791. The highest BCUT2D eigenvalue weighted by molar-refractivity contribution is 5.91. The first-order valence-corrected chi connectivity index (χ1v) is 13.7. The van der Waals surface area contributed by atoms with Crippen molar-refractivity contribution in [3.05, 3.63) is 144 Å². The fourth-order valence-electron chi connectivity index (χ4n) is 4.55. The summed E-state index contributed by atoms with van der Waals surface area (Å²) < 4.78 is 28.3. The van der Waals surface area contributed by atoms with E-state index in [2.05, 4.69) is 0 Å². The highest BCUT2D eigenvalue weighted by Crippen LogP contribution is 2.31. The zero-order valence-electron chi connectivity index (χ0n) is 23.3. The van der Waals surface area contributed by atoms with Gasteiger partial charge in [0.25, 0.3) is 0 Å². The minimum absolute atomic E-state index is 0.175. The molecule has 1 N–H and O–H groups in total. The van der Waals surface area contributed by atoms with Crippen molar-refractivity contribution in [1.82, 2.24) is 0 Å². The molecule has 1 aliphatic heterocycles. The maximum Gasteiger partial charge on any atom is 0.338 e. The van der Waals surface area contributed by atoms with Crippen LogP contribution in [0.25, 0.3) is 0 Å². The summed E-state index contributed by atoms with van der Waals surface area (Å²) >= 11 is 0. The topological polar surface area (TPSA) is 135 Å². The molecule has 0 bridgehead atoms. The normalized spacial score (nSPS) is 19.8. The van der Waals surface area contributed by atoms with Gasteiger partial charge in [0, 0.05) is 0 Å². The predicted molar refractivity (Wildman–Crippen MR) is 155 cm³/mol. The summed E-state index contributed by atoms with van der Waals surface area (Å²) in [5, 5.41) is 10.9. The van der Waals surface area contributed by atoms with Crippen LogP contribution >= 0.6 is 0 Å². The summed E-state index contributed by atoms with van der Waals surface area (Å²) in [7, 11) is 0. The van der Waals surface area contributed by atoms with E-state index < -0.39 is 61.2 Å². The Morgan fingerprint density at radius 1 is 0.568 bits per heavy atom. The van der Waals surface area contributed by atoms with Gasteiger partial charge < -0.3 is 28.8 Å². The third kappa shape index (κ3) is 7.35. The van der Waals surface area contributed by atoms with E-state index in [1.54, 1.807) is 84.9 Å². The van der Waals surface area contributed by atoms with Crippen LogP contribution in [0.2, 0.25) is 0 Å². The molecule has 1 aliphatic rings. The van der Waals surface area contributed by atoms with Crippen LogP contribution in [0.5, 0.6) is 0 Å². The molecule has 5 atom stereocenters. The second-order valence-corrected chi connectivity index (χ2v) is 9.74. The number of hydrogen-bond acceptors (Lipinski definition) is 10. The van der Waals surface area contributed by atoms with Gasteiger partial charge in [-0.05, 0) is 48.5 Å². The molecule has 0 saturated carbocycles. The van der Waals surface area contributed by atoms with E-state index in [-0.39, 0.29) is 22.3 Å². The maximum absolute atomic E-state index is 13.2. The van der Waals surface area contributed by atoms with Crippen molar-refractivity contribution >= 4 is 23.9 Å². The van der Waals surface area contributed by atoms with E-state index in [0.717, 1.165) is 0 Å². The first kappa shape index (κ1) is 30.1. The summed E-state index contributed by atoms with van der Waals surface area (Å²) in [4.78, 5) is 52.1. The minimum atomic E-state index is -1.79. The lowest BCUT2D eigenvalue weighted by atomic mass is 10.0. The molecule has 4 aromatic rings. The van der Waals surface area contributed by atoms with Gasteiger partial charge in [0.2, 0.25) is 0 Å². The molecule has 0 aliphatic carbocycles. The molecule has 224 valence electrons. The van der Waals surface area contributed by atoms with E-state index in [1.807, 2.05) is 0 Å². The molecule has 0 unspecified atom stereocenters. The number of benzene rings is 4. The van der Waals surface area contributed by atoms with Gasteiger partial charge in [0.05, 0.1) is 22.3 Å². The van der Waals surface area contributed by atoms with Gasteiger partial charge in [-0.2, -0.15) is 0 Å². The molecule has 0 aromatic heterocycles. The van der Waals surface area contributed by atoms with Gasteiger partial charge >= 0.3 is 23.9 Å². The summed E-state index contributed by atoms with van der Waals surface area (Å²) in [5.74, 6) is -3.13. The monoisotopic (exact) mass is 596 g/mol. The molecule has 0 amide bonds. The first-order chi connectivity index (χ1) is 21.4. The Kier molecular flexibility index (Phi) is 9.75. The van der Waals surface area contributed by atoms with E-state index >= 15 is 0 Å². The van der Waals surface area contributed by atoms with Crippen LogP contribution in [-0.2, 0) is 23.7 Å². The van der Waals surface area contributed by atoms with E-state index in [1.165, 1.54) is 36.4 Å². The van der Waals surface area contributed by atoms with Crippen LogP contribution in [0, 0.1) is 0 Å². The van der Waals surface area contributed by atoms with E-state index in [0.29, 0.717) is 0 Å². The Hall–Kier alpha value is -5.32. The maximum atomic E-state index is 13.2. The second kappa shape index (κ2) is 14.2. The van der Waals surface area contributed by atoms with Gasteiger partial charge in [-0.3, -0.25) is 0 Å². The Morgan fingerprint density at radius 3 is 1.41 bits per heavy atom. The number of rotatable bonds is 10. The van der Waals surface area contributed by atoms with E-state index in [4.69, 9.17) is 23.7 Å². The molecular weight excluding hydrogens is 568 g/mol. The van der Waals surface area contributed by atoms with Gasteiger partial charge in [-0.1, -0.05) is 72.8 Å². The largest absolute Gasteiger partial charge is 0.458 e. The van der Waals surface area contributed by atoms with Crippen LogP contribution in [-0.4, -0.2) is 66.3 Å². The van der Waals surface area contributed by atoms with Gasteiger partial charge in [0.15, 0.2) is 24.6 Å². The minimum Gasteiger partial charge on any atom is -0.458 e. The lowest BCUT2D eigenvalue weighted by Gasteiger charge is -2.28. The van der Waals surface area contributed by atoms with Crippen molar-refractivity contribution in [2.75, 3.05) is 6.61 Å². The third-order valence-corrected chi connectivity index (χ3v) is 6.75. The van der Waals surface area contributed by atoms with Crippen molar-refractivity contribution in [3.8, 4) is 0 Å². The van der Waals surface area contributed by atoms with E-state index in [9.17, 15) is 24.3 Å². The second-order valence-electron chi connectivity index (χ2n) is 9.74. The number of esters is 4. The fraction of sp³-hybridized carbons (Fsp3) is 0.176. The van der Waals surface area contributed by atoms with Gasteiger partial charge in [-0.25, -0.2) is 19.2 Å². The molecule has 0 radical (unpaired) electrons. The average Bonchev–Trinajstić information content (AvgIpc) is 3.37. The Labute approximate surface area is 252 Å². The standard InChI is InChI=1S/C34H28O10/c35-30(22-13-5-1-6-14-22)40-21-26(41-31(36)23-15-7-2-8-16-23)27-28(43-32(37)24-17-9-3-10-18-24)29(34(39)42-27)44-33(38)25-19-11-4-12-20-25/h1-20,26-29,34,39H,21H2/t26-,27-,28-,29-,34+/m0/s1. The third-order valence-electron chi connectivity index (χ3n) is 6.75. The summed E-state index contributed by atoms with van der Waals surface area (Å²) in [6.07, 6.45) is -7.61. The molecule has 4 aromatic carbocycles. The molecule has 1 saturated heterocycles. The molecule has 0 spiro atoms. The fourth-order valence-corrected chi connectivity index (χ4v) is 4.55. The Morgan fingerprint density at radius 2 is 0.955 bits per heavy atom.